The number of rotatable bonds is 6. The third-order valence-corrected chi connectivity index (χ3v) is 4.86. The van der Waals surface area contributed by atoms with Crippen molar-refractivity contribution >= 4 is 32.7 Å². The van der Waals surface area contributed by atoms with Gasteiger partial charge in [0.25, 0.3) is 0 Å². The van der Waals surface area contributed by atoms with Gasteiger partial charge in [-0.1, -0.05) is 23.5 Å². The van der Waals surface area contributed by atoms with Gasteiger partial charge in [0, 0.05) is 19.7 Å². The molecule has 1 fully saturated rings. The molecule has 2 atom stereocenters. The molecule has 3 rings (SSSR count). The van der Waals surface area contributed by atoms with Gasteiger partial charge >= 0.3 is 6.03 Å². The van der Waals surface area contributed by atoms with Gasteiger partial charge in [0.2, 0.25) is 0 Å². The standard InChI is InChI=1S/C16H22N4O2S/c1-11(13-6-4-10-22-13)19-15(21)17-8-9-18-16-20-12-5-2-3-7-14(12)23-16/h2-3,5,7,11,13H,4,6,8-10H2,1H3,(H,18,20)(H2,17,19,21)/t11-,13-/m1/s1. The molecule has 1 aliphatic heterocycles. The molecule has 23 heavy (non-hydrogen) atoms. The van der Waals surface area contributed by atoms with Crippen LogP contribution in [0.3, 0.4) is 0 Å². The SMILES string of the molecule is C[C@@H](NC(=O)NCCNc1nc2ccccc2s1)[C@H]1CCCO1. The predicted molar refractivity (Wildman–Crippen MR) is 93.1 cm³/mol. The number of aromatic nitrogens is 1. The second-order valence-corrected chi connectivity index (χ2v) is 6.68. The van der Waals surface area contributed by atoms with Crippen molar-refractivity contribution in [2.75, 3.05) is 25.0 Å². The van der Waals surface area contributed by atoms with Gasteiger partial charge in [-0.25, -0.2) is 9.78 Å². The number of nitrogens with one attached hydrogen (secondary N) is 3. The van der Waals surface area contributed by atoms with Gasteiger partial charge in [0.05, 0.1) is 22.4 Å². The Labute approximate surface area is 139 Å². The van der Waals surface area contributed by atoms with Gasteiger partial charge in [-0.2, -0.15) is 0 Å². The molecule has 0 spiro atoms. The zero-order valence-corrected chi connectivity index (χ0v) is 14.0. The number of carbonyl (C=O) groups is 1. The van der Waals surface area contributed by atoms with Crippen LogP contribution < -0.4 is 16.0 Å². The van der Waals surface area contributed by atoms with E-state index >= 15 is 0 Å². The fourth-order valence-electron chi connectivity index (χ4n) is 2.64. The summed E-state index contributed by atoms with van der Waals surface area (Å²) in [6.07, 6.45) is 2.23. The normalized spacial score (nSPS) is 18.7. The number of thiazole rings is 1. The van der Waals surface area contributed by atoms with E-state index in [2.05, 4.69) is 27.0 Å². The second-order valence-electron chi connectivity index (χ2n) is 5.65. The van der Waals surface area contributed by atoms with Crippen molar-refractivity contribution < 1.29 is 9.53 Å². The Hall–Kier alpha value is -1.86. The highest BCUT2D eigenvalue weighted by atomic mass is 32.1. The zero-order valence-electron chi connectivity index (χ0n) is 13.2. The van der Waals surface area contributed by atoms with E-state index in [1.165, 1.54) is 0 Å². The van der Waals surface area contributed by atoms with Crippen molar-refractivity contribution in [3.05, 3.63) is 24.3 Å². The molecule has 2 amide bonds. The minimum atomic E-state index is -0.154. The molecule has 6 nitrogen and oxygen atoms in total. The molecule has 1 aliphatic rings. The summed E-state index contributed by atoms with van der Waals surface area (Å²) < 4.78 is 6.72. The number of hydrogen-bond acceptors (Lipinski definition) is 5. The van der Waals surface area contributed by atoms with Crippen molar-refractivity contribution in [3.8, 4) is 0 Å². The largest absolute Gasteiger partial charge is 0.376 e. The van der Waals surface area contributed by atoms with E-state index in [1.807, 2.05) is 25.1 Å². The molecule has 1 aromatic heterocycles. The monoisotopic (exact) mass is 334 g/mol. The van der Waals surface area contributed by atoms with Gasteiger partial charge in [-0.15, -0.1) is 0 Å². The summed E-state index contributed by atoms with van der Waals surface area (Å²) in [5.74, 6) is 0. The lowest BCUT2D eigenvalue weighted by Gasteiger charge is -2.20. The number of fused-ring (bicyclic) bond motifs is 1. The molecule has 0 radical (unpaired) electrons. The molecule has 0 unspecified atom stereocenters. The molecule has 124 valence electrons. The maximum atomic E-state index is 11.8. The van der Waals surface area contributed by atoms with Crippen LogP contribution in [-0.4, -0.2) is 42.9 Å². The number of amides is 2. The highest BCUT2D eigenvalue weighted by molar-refractivity contribution is 7.22. The number of carbonyl (C=O) groups excluding carboxylic acids is 1. The summed E-state index contributed by atoms with van der Waals surface area (Å²) in [5.41, 5.74) is 0.996. The minimum Gasteiger partial charge on any atom is -0.376 e. The first-order valence-corrected chi connectivity index (χ1v) is 8.79. The van der Waals surface area contributed by atoms with E-state index in [0.717, 1.165) is 34.8 Å². The molecule has 7 heteroatoms. The summed E-state index contributed by atoms with van der Waals surface area (Å²) in [6.45, 7) is 3.96. The maximum Gasteiger partial charge on any atom is 0.315 e. The van der Waals surface area contributed by atoms with Crippen LogP contribution >= 0.6 is 11.3 Å². The molecular weight excluding hydrogens is 312 g/mol. The number of anilines is 1. The Balaban J connectivity index is 1.36. The molecule has 1 aromatic carbocycles. The summed E-state index contributed by atoms with van der Waals surface area (Å²) in [6, 6.07) is 7.91. The van der Waals surface area contributed by atoms with E-state index in [1.54, 1.807) is 11.3 Å². The van der Waals surface area contributed by atoms with E-state index in [9.17, 15) is 4.79 Å². The predicted octanol–water partition coefficient (Wildman–Crippen LogP) is 2.57. The summed E-state index contributed by atoms with van der Waals surface area (Å²) in [7, 11) is 0. The summed E-state index contributed by atoms with van der Waals surface area (Å²) in [4.78, 5) is 16.3. The number of urea groups is 1. The number of hydrogen-bond donors (Lipinski definition) is 3. The summed E-state index contributed by atoms with van der Waals surface area (Å²) >= 11 is 1.62. The number of para-hydroxylation sites is 1. The van der Waals surface area contributed by atoms with Crippen LogP contribution in [0.1, 0.15) is 19.8 Å². The average molecular weight is 334 g/mol. The third kappa shape index (κ3) is 4.33. The van der Waals surface area contributed by atoms with E-state index in [0.29, 0.717) is 13.1 Å². The minimum absolute atomic E-state index is 0.0368. The van der Waals surface area contributed by atoms with Gasteiger partial charge < -0.3 is 20.7 Å². The summed E-state index contributed by atoms with van der Waals surface area (Å²) in [5, 5.41) is 9.89. The molecule has 0 aliphatic carbocycles. The molecule has 3 N–H and O–H groups in total. The number of benzene rings is 1. The van der Waals surface area contributed by atoms with Crippen LogP contribution in [0.4, 0.5) is 9.93 Å². The Morgan fingerprint density at radius 1 is 1.43 bits per heavy atom. The van der Waals surface area contributed by atoms with Crippen LogP contribution in [-0.2, 0) is 4.74 Å². The Morgan fingerprint density at radius 2 is 2.30 bits per heavy atom. The quantitative estimate of drug-likeness (QED) is 0.710. The average Bonchev–Trinajstić information content (AvgIpc) is 3.20. The lowest BCUT2D eigenvalue weighted by molar-refractivity contribution is 0.0860. The Bertz CT molecular complexity index is 621. The van der Waals surface area contributed by atoms with Crippen LogP contribution in [0, 0.1) is 0 Å². The second kappa shape index (κ2) is 7.61. The van der Waals surface area contributed by atoms with Gasteiger partial charge in [-0.05, 0) is 31.9 Å². The smallest absolute Gasteiger partial charge is 0.315 e. The highest BCUT2D eigenvalue weighted by Gasteiger charge is 2.23. The Kier molecular flexibility index (Phi) is 5.30. The van der Waals surface area contributed by atoms with Crippen molar-refractivity contribution in [2.45, 2.75) is 31.9 Å². The fourth-order valence-corrected chi connectivity index (χ4v) is 3.53. The molecule has 1 saturated heterocycles. The topological polar surface area (TPSA) is 75.3 Å². The van der Waals surface area contributed by atoms with Gasteiger partial charge in [0.1, 0.15) is 0 Å². The Morgan fingerprint density at radius 3 is 3.09 bits per heavy atom. The van der Waals surface area contributed by atoms with Crippen LogP contribution in [0.25, 0.3) is 10.2 Å². The number of ether oxygens (including phenoxy) is 1. The van der Waals surface area contributed by atoms with Crippen molar-refractivity contribution in [1.82, 2.24) is 15.6 Å². The van der Waals surface area contributed by atoms with E-state index < -0.39 is 0 Å². The van der Waals surface area contributed by atoms with E-state index in [-0.39, 0.29) is 18.2 Å². The van der Waals surface area contributed by atoms with Crippen LogP contribution in [0.5, 0.6) is 0 Å². The molecule has 2 heterocycles. The lowest BCUT2D eigenvalue weighted by Crippen LogP contribution is -2.46. The van der Waals surface area contributed by atoms with Gasteiger partial charge in [0.15, 0.2) is 5.13 Å². The molecule has 0 bridgehead atoms. The van der Waals surface area contributed by atoms with Crippen molar-refractivity contribution in [2.24, 2.45) is 0 Å². The zero-order chi connectivity index (χ0) is 16.1. The first-order chi connectivity index (χ1) is 11.2. The third-order valence-electron chi connectivity index (χ3n) is 3.86. The van der Waals surface area contributed by atoms with E-state index in [4.69, 9.17) is 4.74 Å². The van der Waals surface area contributed by atoms with Crippen LogP contribution in [0.2, 0.25) is 0 Å². The van der Waals surface area contributed by atoms with Gasteiger partial charge in [-0.3, -0.25) is 0 Å². The molecular formula is C16H22N4O2S. The number of nitrogens with zero attached hydrogens (tertiary/aromatic N) is 1. The molecule has 0 saturated carbocycles. The first-order valence-electron chi connectivity index (χ1n) is 7.98. The van der Waals surface area contributed by atoms with Crippen LogP contribution in [0.15, 0.2) is 24.3 Å². The fraction of sp³-hybridized carbons (Fsp3) is 0.500. The molecule has 2 aromatic rings. The van der Waals surface area contributed by atoms with Crippen molar-refractivity contribution in [3.63, 3.8) is 0 Å². The first kappa shape index (κ1) is 16.0. The highest BCUT2D eigenvalue weighted by Crippen LogP contribution is 2.24. The van der Waals surface area contributed by atoms with Crippen molar-refractivity contribution in [1.29, 1.82) is 0 Å². The lowest BCUT2D eigenvalue weighted by atomic mass is 10.1. The maximum absolute atomic E-state index is 11.8.